The lowest BCUT2D eigenvalue weighted by Gasteiger charge is -2.17. The molecule has 0 bridgehead atoms. The van der Waals surface area contributed by atoms with Crippen molar-refractivity contribution in [3.05, 3.63) is 0 Å². The van der Waals surface area contributed by atoms with Gasteiger partial charge in [-0.2, -0.15) is 0 Å². The first-order valence-corrected chi connectivity index (χ1v) is 10.7. The number of amides is 1. The summed E-state index contributed by atoms with van der Waals surface area (Å²) in [4.78, 5) is 35.6. The number of carbonyl (C=O) groups is 3. The minimum atomic E-state index is -0.791. The molecule has 0 aliphatic carbocycles. The average Bonchev–Trinajstić information content (AvgIpc) is 2.64. The molecule has 0 saturated heterocycles. The van der Waals surface area contributed by atoms with Gasteiger partial charge in [0.15, 0.2) is 0 Å². The molecule has 0 heterocycles. The van der Waals surface area contributed by atoms with Gasteiger partial charge in [-0.05, 0) is 26.7 Å². The molecule has 6 nitrogen and oxygen atoms in total. The molecule has 1 N–H and O–H groups in total. The second-order valence-corrected chi connectivity index (χ2v) is 6.79. The van der Waals surface area contributed by atoms with Crippen LogP contribution in [-0.2, 0) is 23.9 Å². The van der Waals surface area contributed by atoms with Crippen LogP contribution in [0.15, 0.2) is 0 Å². The fourth-order valence-corrected chi connectivity index (χ4v) is 2.85. The molecule has 1 amide bonds. The summed E-state index contributed by atoms with van der Waals surface area (Å²) in [5, 5.41) is 2.70. The number of carbonyl (C=O) groups excluding carboxylic acids is 3. The Bertz CT molecular complexity index is 411. The molecule has 0 saturated carbocycles. The Morgan fingerprint density at radius 1 is 0.741 bits per heavy atom. The largest absolute Gasteiger partial charge is 0.466 e. The quantitative estimate of drug-likeness (QED) is 0.298. The molecule has 0 spiro atoms. The maximum absolute atomic E-state index is 12.1. The van der Waals surface area contributed by atoms with Crippen molar-refractivity contribution in [3.63, 3.8) is 0 Å². The van der Waals surface area contributed by atoms with Crippen LogP contribution in [0, 0.1) is 0 Å². The van der Waals surface area contributed by atoms with Crippen LogP contribution in [0.4, 0.5) is 0 Å². The Morgan fingerprint density at radius 2 is 1.30 bits per heavy atom. The maximum Gasteiger partial charge on any atom is 0.328 e. The smallest absolute Gasteiger partial charge is 0.328 e. The van der Waals surface area contributed by atoms with E-state index in [0.29, 0.717) is 13.0 Å². The summed E-state index contributed by atoms with van der Waals surface area (Å²) in [6.45, 7) is 6.20. The van der Waals surface area contributed by atoms with Gasteiger partial charge < -0.3 is 14.8 Å². The molecule has 158 valence electrons. The van der Waals surface area contributed by atoms with Crippen LogP contribution < -0.4 is 5.32 Å². The monoisotopic (exact) mass is 385 g/mol. The van der Waals surface area contributed by atoms with Gasteiger partial charge in [0.2, 0.25) is 5.91 Å². The van der Waals surface area contributed by atoms with E-state index in [9.17, 15) is 14.4 Å². The predicted octanol–water partition coefficient (Wildman–Crippen LogP) is 4.30. The van der Waals surface area contributed by atoms with Gasteiger partial charge in [0.05, 0.1) is 13.2 Å². The first kappa shape index (κ1) is 25.4. The number of ether oxygens (including phenoxy) is 2. The van der Waals surface area contributed by atoms with E-state index in [-0.39, 0.29) is 31.3 Å². The van der Waals surface area contributed by atoms with Crippen LogP contribution in [0.1, 0.15) is 97.8 Å². The van der Waals surface area contributed by atoms with E-state index in [1.54, 1.807) is 13.8 Å². The number of nitrogens with one attached hydrogen (secondary N) is 1. The summed E-state index contributed by atoms with van der Waals surface area (Å²) in [6.07, 6.45) is 11.3. The molecule has 0 radical (unpaired) electrons. The lowest BCUT2D eigenvalue weighted by Crippen LogP contribution is -2.42. The zero-order valence-corrected chi connectivity index (χ0v) is 17.5. The first-order chi connectivity index (χ1) is 13.0. The molecule has 27 heavy (non-hydrogen) atoms. The van der Waals surface area contributed by atoms with Crippen molar-refractivity contribution in [1.82, 2.24) is 5.32 Å². The zero-order valence-electron chi connectivity index (χ0n) is 17.5. The van der Waals surface area contributed by atoms with E-state index in [2.05, 4.69) is 12.2 Å². The molecule has 0 unspecified atom stereocenters. The van der Waals surface area contributed by atoms with Crippen LogP contribution in [-0.4, -0.2) is 37.1 Å². The summed E-state index contributed by atoms with van der Waals surface area (Å²) in [5.74, 6) is -1.04. The van der Waals surface area contributed by atoms with E-state index in [4.69, 9.17) is 9.47 Å². The third-order valence-electron chi connectivity index (χ3n) is 4.36. The fraction of sp³-hybridized carbons (Fsp3) is 0.857. The average molecular weight is 386 g/mol. The van der Waals surface area contributed by atoms with Crippen LogP contribution in [0.2, 0.25) is 0 Å². The van der Waals surface area contributed by atoms with Crippen LogP contribution in [0.5, 0.6) is 0 Å². The molecule has 0 aromatic rings. The standard InChI is InChI=1S/C21H39NO5/c1-4-7-8-9-10-11-12-13-14-15-19(23)22-18(21(25)27-6-3)16-17-20(24)26-5-2/h18H,4-17H2,1-3H3,(H,22,23)/t18-/m0/s1. The van der Waals surface area contributed by atoms with E-state index >= 15 is 0 Å². The van der Waals surface area contributed by atoms with Gasteiger partial charge in [0.1, 0.15) is 6.04 Å². The van der Waals surface area contributed by atoms with Gasteiger partial charge in [0, 0.05) is 12.8 Å². The number of hydrogen-bond donors (Lipinski definition) is 1. The van der Waals surface area contributed by atoms with Crippen LogP contribution in [0.3, 0.4) is 0 Å². The van der Waals surface area contributed by atoms with Crippen LogP contribution >= 0.6 is 0 Å². The summed E-state index contributed by atoms with van der Waals surface area (Å²) in [6, 6.07) is -0.791. The third kappa shape index (κ3) is 15.2. The van der Waals surface area contributed by atoms with E-state index < -0.39 is 12.0 Å². The third-order valence-corrected chi connectivity index (χ3v) is 4.36. The summed E-state index contributed by atoms with van der Waals surface area (Å²) in [5.41, 5.74) is 0. The highest BCUT2D eigenvalue weighted by molar-refractivity contribution is 5.84. The van der Waals surface area contributed by atoms with Crippen molar-refractivity contribution in [2.24, 2.45) is 0 Å². The number of hydrogen-bond acceptors (Lipinski definition) is 5. The van der Waals surface area contributed by atoms with Gasteiger partial charge in [-0.1, -0.05) is 58.3 Å². The minimum Gasteiger partial charge on any atom is -0.466 e. The minimum absolute atomic E-state index is 0.0790. The highest BCUT2D eigenvalue weighted by Gasteiger charge is 2.23. The van der Waals surface area contributed by atoms with Gasteiger partial charge >= 0.3 is 11.9 Å². The fourth-order valence-electron chi connectivity index (χ4n) is 2.85. The molecule has 6 heteroatoms. The van der Waals surface area contributed by atoms with Gasteiger partial charge in [0.25, 0.3) is 0 Å². The van der Waals surface area contributed by atoms with E-state index in [1.165, 1.54) is 38.5 Å². The molecule has 0 aliphatic heterocycles. The number of unbranched alkanes of at least 4 members (excludes halogenated alkanes) is 8. The second-order valence-electron chi connectivity index (χ2n) is 6.79. The molecule has 0 rings (SSSR count). The van der Waals surface area contributed by atoms with E-state index in [0.717, 1.165) is 19.3 Å². The van der Waals surface area contributed by atoms with Crippen molar-refractivity contribution in [2.75, 3.05) is 13.2 Å². The Balaban J connectivity index is 4.02. The summed E-state index contributed by atoms with van der Waals surface area (Å²) < 4.78 is 9.86. The van der Waals surface area contributed by atoms with E-state index in [1.807, 2.05) is 0 Å². The summed E-state index contributed by atoms with van der Waals surface area (Å²) >= 11 is 0. The van der Waals surface area contributed by atoms with Gasteiger partial charge in [-0.3, -0.25) is 9.59 Å². The Kier molecular flexibility index (Phi) is 16.8. The lowest BCUT2D eigenvalue weighted by molar-refractivity contribution is -0.148. The Hall–Kier alpha value is -1.59. The van der Waals surface area contributed by atoms with Crippen molar-refractivity contribution in [3.8, 4) is 0 Å². The zero-order chi connectivity index (χ0) is 20.3. The van der Waals surface area contributed by atoms with Gasteiger partial charge in [-0.15, -0.1) is 0 Å². The molecule has 0 aromatic heterocycles. The molecule has 0 aromatic carbocycles. The SMILES string of the molecule is CCCCCCCCCCCC(=O)N[C@@H](CCC(=O)OCC)C(=O)OCC. The Morgan fingerprint density at radius 3 is 1.85 bits per heavy atom. The van der Waals surface area contributed by atoms with Crippen molar-refractivity contribution < 1.29 is 23.9 Å². The molecular weight excluding hydrogens is 346 g/mol. The lowest BCUT2D eigenvalue weighted by atomic mass is 10.1. The summed E-state index contributed by atoms with van der Waals surface area (Å²) in [7, 11) is 0. The maximum atomic E-state index is 12.1. The van der Waals surface area contributed by atoms with Gasteiger partial charge in [-0.25, -0.2) is 4.79 Å². The molecule has 1 atom stereocenters. The first-order valence-electron chi connectivity index (χ1n) is 10.7. The van der Waals surface area contributed by atoms with Crippen molar-refractivity contribution >= 4 is 17.8 Å². The normalized spacial score (nSPS) is 11.7. The highest BCUT2D eigenvalue weighted by Crippen LogP contribution is 2.11. The molecule has 0 aliphatic rings. The number of rotatable bonds is 17. The second kappa shape index (κ2) is 17.8. The topological polar surface area (TPSA) is 81.7 Å². The van der Waals surface area contributed by atoms with Crippen molar-refractivity contribution in [2.45, 2.75) is 104 Å². The molecule has 0 fully saturated rings. The van der Waals surface area contributed by atoms with Crippen molar-refractivity contribution in [1.29, 1.82) is 0 Å². The Labute approximate surface area is 164 Å². The van der Waals surface area contributed by atoms with Crippen LogP contribution in [0.25, 0.3) is 0 Å². The predicted molar refractivity (Wildman–Crippen MR) is 106 cm³/mol. The molecular formula is C21H39NO5. The number of esters is 2. The highest BCUT2D eigenvalue weighted by atomic mass is 16.5.